The minimum atomic E-state index is -0.227. The van der Waals surface area contributed by atoms with Crippen LogP contribution in [0.2, 0.25) is 0 Å². The first kappa shape index (κ1) is 11.0. The van der Waals surface area contributed by atoms with Crippen LogP contribution in [0.5, 0.6) is 0 Å². The van der Waals surface area contributed by atoms with E-state index >= 15 is 0 Å². The van der Waals surface area contributed by atoms with E-state index in [0.29, 0.717) is 5.22 Å². The smallest absolute Gasteiger partial charge is 0.257 e. The second-order valence-electron chi connectivity index (χ2n) is 2.97. The number of carbonyl (C=O) groups excluding carboxylic acids is 1. The van der Waals surface area contributed by atoms with Crippen molar-refractivity contribution in [1.29, 1.82) is 0 Å². The first-order valence-electron chi connectivity index (χ1n) is 4.60. The van der Waals surface area contributed by atoms with Crippen LogP contribution >= 0.6 is 11.8 Å². The third-order valence-electron chi connectivity index (χ3n) is 1.82. The summed E-state index contributed by atoms with van der Waals surface area (Å²) in [5, 5.41) is 0.479. The summed E-state index contributed by atoms with van der Waals surface area (Å²) < 4.78 is 5.43. The maximum Gasteiger partial charge on any atom is 0.257 e. The lowest BCUT2D eigenvalue weighted by molar-refractivity contribution is -0.128. The molecule has 0 bridgehead atoms. The molecular weight excluding hydrogens is 228 g/mol. The van der Waals surface area contributed by atoms with Crippen molar-refractivity contribution in [2.75, 3.05) is 12.9 Å². The van der Waals surface area contributed by atoms with Crippen molar-refractivity contribution >= 4 is 28.8 Å². The Hall–Kier alpha value is -1.53. The van der Waals surface area contributed by atoms with Crippen LogP contribution in [0, 0.1) is 0 Å². The van der Waals surface area contributed by atoms with Crippen LogP contribution in [0.4, 0.5) is 0 Å². The van der Waals surface area contributed by atoms with E-state index in [4.69, 9.17) is 4.42 Å². The third kappa shape index (κ3) is 2.53. The van der Waals surface area contributed by atoms with Gasteiger partial charge in [0.2, 0.25) is 0 Å². The summed E-state index contributed by atoms with van der Waals surface area (Å²) in [6.07, 6.45) is 0. The van der Waals surface area contributed by atoms with Crippen LogP contribution in [0.3, 0.4) is 0 Å². The van der Waals surface area contributed by atoms with Gasteiger partial charge in [-0.3, -0.25) is 9.63 Å². The first-order chi connectivity index (χ1) is 7.79. The number of aromatic nitrogens is 1. The number of rotatable bonds is 4. The van der Waals surface area contributed by atoms with Gasteiger partial charge in [-0.05, 0) is 12.1 Å². The number of hydroxylamine groups is 1. The highest BCUT2D eigenvalue weighted by Crippen LogP contribution is 2.22. The maximum absolute atomic E-state index is 11.1. The van der Waals surface area contributed by atoms with E-state index in [1.807, 2.05) is 24.3 Å². The number of fused-ring (bicyclic) bond motifs is 1. The predicted molar refractivity (Wildman–Crippen MR) is 59.9 cm³/mol. The van der Waals surface area contributed by atoms with Crippen molar-refractivity contribution in [1.82, 2.24) is 10.5 Å². The Morgan fingerprint density at radius 2 is 2.38 bits per heavy atom. The molecule has 0 aliphatic carbocycles. The van der Waals surface area contributed by atoms with Gasteiger partial charge < -0.3 is 4.42 Å². The van der Waals surface area contributed by atoms with Crippen molar-refractivity contribution in [2.24, 2.45) is 0 Å². The van der Waals surface area contributed by atoms with E-state index in [1.165, 1.54) is 18.9 Å². The molecule has 1 heterocycles. The number of thioether (sulfide) groups is 1. The minimum Gasteiger partial charge on any atom is -0.431 e. The Labute approximate surface area is 96.1 Å². The summed E-state index contributed by atoms with van der Waals surface area (Å²) >= 11 is 1.22. The van der Waals surface area contributed by atoms with Gasteiger partial charge in [-0.1, -0.05) is 23.9 Å². The Balaban J connectivity index is 2.02. The fourth-order valence-corrected chi connectivity index (χ4v) is 1.81. The number of para-hydroxylation sites is 2. The maximum atomic E-state index is 11.1. The Morgan fingerprint density at radius 1 is 1.56 bits per heavy atom. The molecule has 0 aliphatic rings. The fraction of sp³-hybridized carbons (Fsp3) is 0.200. The standard InChI is InChI=1S/C10H10N2O3S/c1-14-12-9(13)6-16-10-11-7-4-2-3-5-8(7)15-10/h2-5H,6H2,1H3,(H,12,13). The summed E-state index contributed by atoms with van der Waals surface area (Å²) in [7, 11) is 1.39. The molecule has 0 fully saturated rings. The average Bonchev–Trinajstić information content (AvgIpc) is 2.69. The van der Waals surface area contributed by atoms with E-state index in [0.717, 1.165) is 11.1 Å². The number of carbonyl (C=O) groups is 1. The van der Waals surface area contributed by atoms with Crippen molar-refractivity contribution < 1.29 is 14.0 Å². The molecular formula is C10H10N2O3S. The van der Waals surface area contributed by atoms with Crippen molar-refractivity contribution in [3.63, 3.8) is 0 Å². The molecule has 0 aliphatic heterocycles. The minimum absolute atomic E-state index is 0.209. The van der Waals surface area contributed by atoms with Gasteiger partial charge in [-0.25, -0.2) is 10.5 Å². The summed E-state index contributed by atoms with van der Waals surface area (Å²) in [5.41, 5.74) is 3.73. The van der Waals surface area contributed by atoms with E-state index in [1.54, 1.807) is 0 Å². The van der Waals surface area contributed by atoms with Crippen molar-refractivity contribution in [2.45, 2.75) is 5.22 Å². The molecule has 1 aromatic heterocycles. The molecule has 0 atom stereocenters. The lowest BCUT2D eigenvalue weighted by atomic mass is 10.3. The lowest BCUT2D eigenvalue weighted by Crippen LogP contribution is -2.23. The zero-order valence-electron chi connectivity index (χ0n) is 8.60. The number of hydrogen-bond acceptors (Lipinski definition) is 5. The monoisotopic (exact) mass is 238 g/mol. The van der Waals surface area contributed by atoms with Gasteiger partial charge in [0.15, 0.2) is 5.58 Å². The number of benzene rings is 1. The zero-order chi connectivity index (χ0) is 11.4. The first-order valence-corrected chi connectivity index (χ1v) is 5.58. The van der Waals surface area contributed by atoms with E-state index in [2.05, 4.69) is 15.3 Å². The van der Waals surface area contributed by atoms with Gasteiger partial charge in [-0.15, -0.1) is 0 Å². The van der Waals surface area contributed by atoms with Crippen LogP contribution in [0.25, 0.3) is 11.1 Å². The number of oxazole rings is 1. The SMILES string of the molecule is CONC(=O)CSc1nc2ccccc2o1. The van der Waals surface area contributed by atoms with Gasteiger partial charge in [-0.2, -0.15) is 0 Å². The summed E-state index contributed by atoms with van der Waals surface area (Å²) in [6, 6.07) is 7.45. The van der Waals surface area contributed by atoms with Gasteiger partial charge in [0.05, 0.1) is 12.9 Å². The average molecular weight is 238 g/mol. The molecule has 84 valence electrons. The van der Waals surface area contributed by atoms with Crippen molar-refractivity contribution in [3.8, 4) is 0 Å². The molecule has 1 amide bonds. The van der Waals surface area contributed by atoms with Crippen LogP contribution in [-0.4, -0.2) is 23.8 Å². The second-order valence-corrected chi connectivity index (χ2v) is 3.89. The quantitative estimate of drug-likeness (QED) is 0.647. The Kier molecular flexibility index (Phi) is 3.43. The van der Waals surface area contributed by atoms with Crippen LogP contribution in [0.1, 0.15) is 0 Å². The fourth-order valence-electron chi connectivity index (χ4n) is 1.18. The number of amides is 1. The number of hydrogen-bond donors (Lipinski definition) is 1. The third-order valence-corrected chi connectivity index (χ3v) is 2.64. The largest absolute Gasteiger partial charge is 0.431 e. The van der Waals surface area contributed by atoms with E-state index in [-0.39, 0.29) is 11.7 Å². The van der Waals surface area contributed by atoms with Gasteiger partial charge >= 0.3 is 0 Å². The molecule has 2 rings (SSSR count). The van der Waals surface area contributed by atoms with Crippen molar-refractivity contribution in [3.05, 3.63) is 24.3 Å². The topological polar surface area (TPSA) is 64.4 Å². The van der Waals surface area contributed by atoms with Crippen LogP contribution in [0.15, 0.2) is 33.9 Å². The highest BCUT2D eigenvalue weighted by Gasteiger charge is 2.08. The molecule has 0 unspecified atom stereocenters. The highest BCUT2D eigenvalue weighted by atomic mass is 32.2. The number of nitrogens with zero attached hydrogens (tertiary/aromatic N) is 1. The second kappa shape index (κ2) is 5.00. The molecule has 0 radical (unpaired) electrons. The van der Waals surface area contributed by atoms with Gasteiger partial charge in [0.25, 0.3) is 11.1 Å². The van der Waals surface area contributed by atoms with Gasteiger partial charge in [0.1, 0.15) is 5.52 Å². The molecule has 2 aromatic rings. The Bertz CT molecular complexity index is 465. The molecule has 1 aromatic carbocycles. The molecule has 0 saturated carbocycles. The van der Waals surface area contributed by atoms with E-state index < -0.39 is 0 Å². The molecule has 5 nitrogen and oxygen atoms in total. The molecule has 1 N–H and O–H groups in total. The van der Waals surface area contributed by atoms with Crippen LogP contribution < -0.4 is 5.48 Å². The molecule has 16 heavy (non-hydrogen) atoms. The van der Waals surface area contributed by atoms with Gasteiger partial charge in [0, 0.05) is 0 Å². The zero-order valence-corrected chi connectivity index (χ0v) is 9.41. The summed E-state index contributed by atoms with van der Waals surface area (Å²) in [5.74, 6) is -0.0181. The normalized spacial score (nSPS) is 10.6. The number of nitrogens with one attached hydrogen (secondary N) is 1. The summed E-state index contributed by atoms with van der Waals surface area (Å²) in [6.45, 7) is 0. The van der Waals surface area contributed by atoms with E-state index in [9.17, 15) is 4.79 Å². The molecule has 0 spiro atoms. The lowest BCUT2D eigenvalue weighted by Gasteiger charge is -1.98. The van der Waals surface area contributed by atoms with Crippen LogP contribution in [-0.2, 0) is 9.63 Å². The molecule has 6 heteroatoms. The highest BCUT2D eigenvalue weighted by molar-refractivity contribution is 7.99. The predicted octanol–water partition coefficient (Wildman–Crippen LogP) is 1.60. The molecule has 0 saturated heterocycles. The Morgan fingerprint density at radius 3 is 3.12 bits per heavy atom. The summed E-state index contributed by atoms with van der Waals surface area (Å²) in [4.78, 5) is 19.8.